The standard InChI is InChI=1S/C21H28O4S/c1-14(2)26(24,25)13-15-3-6-17(7-4-15)21(23)12-16-5-9-19-18(11-16)8-10-20(19)22/h5,9,11,14-15,17H,3-4,6-8,10,12-13H2,1-2H3. The second kappa shape index (κ2) is 7.63. The van der Waals surface area contributed by atoms with Gasteiger partial charge in [0, 0.05) is 24.3 Å². The minimum absolute atomic E-state index is 0.0443. The molecule has 4 nitrogen and oxygen atoms in total. The number of fused-ring (bicyclic) bond motifs is 1. The molecule has 0 radical (unpaired) electrons. The van der Waals surface area contributed by atoms with Crippen molar-refractivity contribution in [2.24, 2.45) is 11.8 Å². The van der Waals surface area contributed by atoms with E-state index in [2.05, 4.69) is 0 Å². The highest BCUT2D eigenvalue weighted by molar-refractivity contribution is 7.91. The molecule has 0 saturated heterocycles. The lowest BCUT2D eigenvalue weighted by Gasteiger charge is -2.28. The number of hydrogen-bond acceptors (Lipinski definition) is 4. The topological polar surface area (TPSA) is 68.3 Å². The summed E-state index contributed by atoms with van der Waals surface area (Å²) in [5.74, 6) is 0.942. The van der Waals surface area contributed by atoms with E-state index in [-0.39, 0.29) is 34.4 Å². The molecule has 0 N–H and O–H groups in total. The van der Waals surface area contributed by atoms with Crippen molar-refractivity contribution in [3.05, 3.63) is 34.9 Å². The highest BCUT2D eigenvalue weighted by Gasteiger charge is 2.30. The first kappa shape index (κ1) is 19.3. The number of aryl methyl sites for hydroxylation is 1. The molecule has 0 heterocycles. The van der Waals surface area contributed by atoms with Crippen LogP contribution < -0.4 is 0 Å². The fraction of sp³-hybridized carbons (Fsp3) is 0.619. The lowest BCUT2D eigenvalue weighted by molar-refractivity contribution is -0.123. The quantitative estimate of drug-likeness (QED) is 0.761. The number of ketones is 2. The van der Waals surface area contributed by atoms with E-state index in [1.54, 1.807) is 13.8 Å². The van der Waals surface area contributed by atoms with Gasteiger partial charge in [0.2, 0.25) is 0 Å². The summed E-state index contributed by atoms with van der Waals surface area (Å²) in [5.41, 5.74) is 2.88. The van der Waals surface area contributed by atoms with Gasteiger partial charge in [0.25, 0.3) is 0 Å². The third kappa shape index (κ3) is 4.25. The molecule has 1 fully saturated rings. The Morgan fingerprint density at radius 2 is 1.81 bits per heavy atom. The summed E-state index contributed by atoms with van der Waals surface area (Å²) in [7, 11) is -3.01. The second-order valence-corrected chi connectivity index (χ2v) is 10.8. The Morgan fingerprint density at radius 3 is 2.46 bits per heavy atom. The van der Waals surface area contributed by atoms with Crippen LogP contribution >= 0.6 is 0 Å². The van der Waals surface area contributed by atoms with E-state index in [4.69, 9.17) is 0 Å². The molecular weight excluding hydrogens is 348 g/mol. The van der Waals surface area contributed by atoms with Crippen molar-refractivity contribution in [2.75, 3.05) is 5.75 Å². The summed E-state index contributed by atoms with van der Waals surface area (Å²) in [6.07, 6.45) is 5.01. The van der Waals surface area contributed by atoms with Crippen LogP contribution in [0.2, 0.25) is 0 Å². The number of carbonyl (C=O) groups excluding carboxylic acids is 2. The van der Waals surface area contributed by atoms with Gasteiger partial charge in [-0.25, -0.2) is 8.42 Å². The van der Waals surface area contributed by atoms with Crippen LogP contribution in [-0.2, 0) is 27.5 Å². The SMILES string of the molecule is CC(C)S(=O)(=O)CC1CCC(C(=O)Cc2ccc3c(c2)CCC3=O)CC1. The van der Waals surface area contributed by atoms with Crippen LogP contribution in [0.5, 0.6) is 0 Å². The molecule has 0 bridgehead atoms. The molecule has 0 aromatic heterocycles. The monoisotopic (exact) mass is 376 g/mol. The van der Waals surface area contributed by atoms with Crippen LogP contribution in [0.1, 0.15) is 67.4 Å². The van der Waals surface area contributed by atoms with Crippen LogP contribution in [0.4, 0.5) is 0 Å². The molecule has 26 heavy (non-hydrogen) atoms. The summed E-state index contributed by atoms with van der Waals surface area (Å²) in [5, 5.41) is -0.325. The van der Waals surface area contributed by atoms with Gasteiger partial charge >= 0.3 is 0 Å². The van der Waals surface area contributed by atoms with Gasteiger partial charge in [-0.1, -0.05) is 18.2 Å². The van der Waals surface area contributed by atoms with Crippen molar-refractivity contribution in [3.8, 4) is 0 Å². The zero-order valence-corrected chi connectivity index (χ0v) is 16.5. The number of Topliss-reactive ketones (excluding diaryl/α,β-unsaturated/α-hetero) is 2. The Labute approximate surface area is 156 Å². The van der Waals surface area contributed by atoms with Gasteiger partial charge in [-0.3, -0.25) is 9.59 Å². The zero-order chi connectivity index (χ0) is 18.9. The molecule has 1 aromatic rings. The second-order valence-electron chi connectivity index (χ2n) is 8.15. The maximum absolute atomic E-state index is 12.6. The molecule has 0 spiro atoms. The van der Waals surface area contributed by atoms with Gasteiger partial charge < -0.3 is 0 Å². The maximum Gasteiger partial charge on any atom is 0.163 e. The molecule has 0 aliphatic heterocycles. The molecule has 0 amide bonds. The van der Waals surface area contributed by atoms with Crippen LogP contribution in [-0.4, -0.2) is 31.0 Å². The number of carbonyl (C=O) groups is 2. The van der Waals surface area contributed by atoms with Crippen molar-refractivity contribution in [1.82, 2.24) is 0 Å². The first-order chi connectivity index (χ1) is 12.3. The molecule has 1 aromatic carbocycles. The molecule has 0 unspecified atom stereocenters. The van der Waals surface area contributed by atoms with Crippen molar-refractivity contribution >= 4 is 21.4 Å². The summed E-state index contributed by atoms with van der Waals surface area (Å²) in [4.78, 5) is 24.4. The Morgan fingerprint density at radius 1 is 1.12 bits per heavy atom. The third-order valence-corrected chi connectivity index (χ3v) is 8.33. The molecule has 2 aliphatic carbocycles. The van der Waals surface area contributed by atoms with Crippen molar-refractivity contribution in [3.63, 3.8) is 0 Å². The largest absolute Gasteiger partial charge is 0.299 e. The van der Waals surface area contributed by atoms with Crippen molar-refractivity contribution in [1.29, 1.82) is 0 Å². The van der Waals surface area contributed by atoms with Gasteiger partial charge in [-0.15, -0.1) is 0 Å². The predicted octanol–water partition coefficient (Wildman–Crippen LogP) is 3.56. The van der Waals surface area contributed by atoms with E-state index in [1.165, 1.54) is 0 Å². The summed E-state index contributed by atoms with van der Waals surface area (Å²) in [6, 6.07) is 5.78. The number of hydrogen-bond donors (Lipinski definition) is 0. The van der Waals surface area contributed by atoms with E-state index in [9.17, 15) is 18.0 Å². The lowest BCUT2D eigenvalue weighted by Crippen LogP contribution is -2.29. The molecular formula is C21H28O4S. The normalized spacial score (nSPS) is 23.3. The van der Waals surface area contributed by atoms with Crippen molar-refractivity contribution < 1.29 is 18.0 Å². The molecule has 2 aliphatic rings. The van der Waals surface area contributed by atoms with Crippen LogP contribution in [0, 0.1) is 11.8 Å². The molecule has 0 atom stereocenters. The summed E-state index contributed by atoms with van der Waals surface area (Å²) >= 11 is 0. The first-order valence-corrected chi connectivity index (χ1v) is 11.4. The van der Waals surface area contributed by atoms with Crippen LogP contribution in [0.3, 0.4) is 0 Å². The van der Waals surface area contributed by atoms with E-state index < -0.39 is 9.84 Å². The van der Waals surface area contributed by atoms with E-state index in [0.29, 0.717) is 12.8 Å². The average molecular weight is 377 g/mol. The zero-order valence-electron chi connectivity index (χ0n) is 15.7. The number of rotatable bonds is 6. The number of benzene rings is 1. The predicted molar refractivity (Wildman–Crippen MR) is 102 cm³/mol. The fourth-order valence-electron chi connectivity index (χ4n) is 4.14. The molecule has 5 heteroatoms. The average Bonchev–Trinajstić information content (AvgIpc) is 2.95. The summed E-state index contributed by atoms with van der Waals surface area (Å²) < 4.78 is 24.2. The highest BCUT2D eigenvalue weighted by atomic mass is 32.2. The molecule has 142 valence electrons. The highest BCUT2D eigenvalue weighted by Crippen LogP contribution is 2.32. The van der Waals surface area contributed by atoms with Crippen molar-refractivity contribution in [2.45, 2.75) is 64.0 Å². The Kier molecular flexibility index (Phi) is 5.66. The minimum atomic E-state index is -3.01. The Balaban J connectivity index is 1.54. The van der Waals surface area contributed by atoms with Gasteiger partial charge in [-0.2, -0.15) is 0 Å². The van der Waals surface area contributed by atoms with Gasteiger partial charge in [-0.05, 0) is 63.0 Å². The molecule has 3 rings (SSSR count). The van der Waals surface area contributed by atoms with E-state index in [1.807, 2.05) is 18.2 Å². The third-order valence-electron chi connectivity index (χ3n) is 5.96. The lowest BCUT2D eigenvalue weighted by atomic mass is 9.79. The van der Waals surface area contributed by atoms with Gasteiger partial charge in [0.15, 0.2) is 15.6 Å². The minimum Gasteiger partial charge on any atom is -0.299 e. The first-order valence-electron chi connectivity index (χ1n) is 9.65. The fourth-order valence-corrected chi connectivity index (χ4v) is 5.51. The van der Waals surface area contributed by atoms with Crippen LogP contribution in [0.25, 0.3) is 0 Å². The molecule has 1 saturated carbocycles. The Hall–Kier alpha value is -1.49. The maximum atomic E-state index is 12.6. The van der Waals surface area contributed by atoms with Gasteiger partial charge in [0.05, 0.1) is 11.0 Å². The van der Waals surface area contributed by atoms with Crippen LogP contribution in [0.15, 0.2) is 18.2 Å². The smallest absolute Gasteiger partial charge is 0.163 e. The Bertz CT molecular complexity index is 799. The van der Waals surface area contributed by atoms with Gasteiger partial charge in [0.1, 0.15) is 5.78 Å². The van der Waals surface area contributed by atoms with E-state index in [0.717, 1.165) is 48.8 Å². The van der Waals surface area contributed by atoms with E-state index >= 15 is 0 Å². The number of sulfone groups is 1. The summed E-state index contributed by atoms with van der Waals surface area (Å²) in [6.45, 7) is 3.46.